The number of hydrogen-bond acceptors (Lipinski definition) is 3. The molecule has 0 saturated heterocycles. The lowest BCUT2D eigenvalue weighted by Gasteiger charge is -2.36. The molecule has 0 heterocycles. The van der Waals surface area contributed by atoms with E-state index in [2.05, 4.69) is 0 Å². The topological polar surface area (TPSA) is 43.7 Å². The fourth-order valence-electron chi connectivity index (χ4n) is 2.54. The quantitative estimate of drug-likeness (QED) is 0.863. The van der Waals surface area contributed by atoms with Crippen LogP contribution in [0.3, 0.4) is 0 Å². The van der Waals surface area contributed by atoms with Crippen LogP contribution in [-0.2, 0) is 0 Å². The Balaban J connectivity index is 2.11. The molecule has 1 fully saturated rings. The van der Waals surface area contributed by atoms with E-state index in [-0.39, 0.29) is 11.9 Å². The maximum atomic E-state index is 13.2. The molecule has 0 radical (unpaired) electrons. The molecule has 2 rings (SSSR count). The Kier molecular flexibility index (Phi) is 3.88. The van der Waals surface area contributed by atoms with Crippen molar-refractivity contribution in [3.05, 3.63) is 29.6 Å². The molecule has 1 unspecified atom stereocenters. The van der Waals surface area contributed by atoms with Crippen molar-refractivity contribution in [2.45, 2.75) is 32.0 Å². The minimum absolute atomic E-state index is 0.159. The molecule has 0 aliphatic heterocycles. The van der Waals surface area contributed by atoms with Crippen LogP contribution in [0.15, 0.2) is 18.2 Å². The summed E-state index contributed by atoms with van der Waals surface area (Å²) in [5.41, 5.74) is 1.46. The van der Waals surface area contributed by atoms with Gasteiger partial charge in [0.15, 0.2) is 0 Å². The summed E-state index contributed by atoms with van der Waals surface area (Å²) < 4.78 is 13.2. The van der Waals surface area contributed by atoms with Gasteiger partial charge >= 0.3 is 0 Å². The van der Waals surface area contributed by atoms with Crippen LogP contribution in [0.5, 0.6) is 0 Å². The van der Waals surface area contributed by atoms with Gasteiger partial charge in [0.2, 0.25) is 0 Å². The molecule has 18 heavy (non-hydrogen) atoms. The SMILES string of the molecule is CC(O)c1cc(F)ccc1N(C)CC1CC(O)C1. The highest BCUT2D eigenvalue weighted by Gasteiger charge is 2.28. The number of hydrogen-bond donors (Lipinski definition) is 2. The molecule has 0 spiro atoms. The summed E-state index contributed by atoms with van der Waals surface area (Å²) in [6.45, 7) is 2.46. The number of anilines is 1. The third-order valence-corrected chi connectivity index (χ3v) is 3.59. The molecule has 0 amide bonds. The molecule has 3 nitrogen and oxygen atoms in total. The average Bonchev–Trinajstić information content (AvgIpc) is 2.26. The van der Waals surface area contributed by atoms with Crippen LogP contribution in [0.25, 0.3) is 0 Å². The highest BCUT2D eigenvalue weighted by Crippen LogP contribution is 2.31. The van der Waals surface area contributed by atoms with Crippen molar-refractivity contribution in [2.75, 3.05) is 18.5 Å². The molecule has 0 bridgehead atoms. The molecule has 1 aliphatic carbocycles. The second-order valence-corrected chi connectivity index (χ2v) is 5.25. The van der Waals surface area contributed by atoms with Gasteiger partial charge in [-0.2, -0.15) is 0 Å². The summed E-state index contributed by atoms with van der Waals surface area (Å²) >= 11 is 0. The Hall–Kier alpha value is -1.13. The lowest BCUT2D eigenvalue weighted by molar-refractivity contribution is 0.0464. The zero-order valence-electron chi connectivity index (χ0n) is 10.8. The molecule has 1 aromatic carbocycles. The third kappa shape index (κ3) is 2.82. The highest BCUT2D eigenvalue weighted by atomic mass is 19.1. The number of aliphatic hydroxyl groups excluding tert-OH is 2. The predicted molar refractivity (Wildman–Crippen MR) is 69.0 cm³/mol. The molecule has 100 valence electrons. The van der Waals surface area contributed by atoms with Gasteiger partial charge < -0.3 is 15.1 Å². The molecule has 1 aliphatic rings. The first kappa shape index (κ1) is 13.3. The van der Waals surface area contributed by atoms with Crippen LogP contribution in [0.4, 0.5) is 10.1 Å². The molecular formula is C14H20FNO2. The van der Waals surface area contributed by atoms with Crippen molar-refractivity contribution in [3.63, 3.8) is 0 Å². The Labute approximate surface area is 107 Å². The molecule has 1 atom stereocenters. The van der Waals surface area contributed by atoms with Crippen molar-refractivity contribution in [1.82, 2.24) is 0 Å². The minimum Gasteiger partial charge on any atom is -0.393 e. The summed E-state index contributed by atoms with van der Waals surface area (Å²) in [5.74, 6) is 0.152. The van der Waals surface area contributed by atoms with E-state index in [0.29, 0.717) is 11.5 Å². The number of aliphatic hydroxyl groups is 2. The van der Waals surface area contributed by atoms with Gasteiger partial charge in [-0.1, -0.05) is 0 Å². The first-order valence-electron chi connectivity index (χ1n) is 6.34. The van der Waals surface area contributed by atoms with E-state index in [0.717, 1.165) is 25.1 Å². The lowest BCUT2D eigenvalue weighted by atomic mass is 9.82. The summed E-state index contributed by atoms with van der Waals surface area (Å²) in [6.07, 6.45) is 0.809. The van der Waals surface area contributed by atoms with Gasteiger partial charge in [-0.25, -0.2) is 4.39 Å². The van der Waals surface area contributed by atoms with Gasteiger partial charge in [0, 0.05) is 24.8 Å². The smallest absolute Gasteiger partial charge is 0.123 e. The van der Waals surface area contributed by atoms with Gasteiger partial charge in [-0.3, -0.25) is 0 Å². The van der Waals surface area contributed by atoms with E-state index in [1.807, 2.05) is 11.9 Å². The van der Waals surface area contributed by atoms with E-state index in [1.165, 1.54) is 12.1 Å². The van der Waals surface area contributed by atoms with E-state index >= 15 is 0 Å². The Morgan fingerprint density at radius 3 is 2.67 bits per heavy atom. The van der Waals surface area contributed by atoms with Crippen LogP contribution in [-0.4, -0.2) is 29.9 Å². The first-order chi connectivity index (χ1) is 8.47. The molecule has 1 saturated carbocycles. The minimum atomic E-state index is -0.690. The van der Waals surface area contributed by atoms with E-state index < -0.39 is 6.10 Å². The number of benzene rings is 1. The molecule has 2 N–H and O–H groups in total. The van der Waals surface area contributed by atoms with Gasteiger partial charge in [-0.05, 0) is 43.9 Å². The van der Waals surface area contributed by atoms with Gasteiger partial charge in [0.05, 0.1) is 12.2 Å². The monoisotopic (exact) mass is 253 g/mol. The van der Waals surface area contributed by atoms with Crippen molar-refractivity contribution in [2.24, 2.45) is 5.92 Å². The summed E-state index contributed by atoms with van der Waals surface area (Å²) in [6, 6.07) is 4.49. The molecular weight excluding hydrogens is 233 g/mol. The van der Waals surface area contributed by atoms with Crippen molar-refractivity contribution >= 4 is 5.69 Å². The average molecular weight is 253 g/mol. The van der Waals surface area contributed by atoms with E-state index in [1.54, 1.807) is 13.0 Å². The number of halogens is 1. The number of nitrogens with zero attached hydrogens (tertiary/aromatic N) is 1. The maximum absolute atomic E-state index is 13.2. The molecule has 1 aromatic rings. The van der Waals surface area contributed by atoms with Crippen LogP contribution in [0, 0.1) is 11.7 Å². The Morgan fingerprint density at radius 2 is 2.11 bits per heavy atom. The van der Waals surface area contributed by atoms with Crippen LogP contribution in [0.1, 0.15) is 31.4 Å². The van der Waals surface area contributed by atoms with Crippen LogP contribution < -0.4 is 4.90 Å². The second-order valence-electron chi connectivity index (χ2n) is 5.25. The predicted octanol–water partition coefficient (Wildman–Crippen LogP) is 2.09. The Bertz CT molecular complexity index is 416. The Morgan fingerprint density at radius 1 is 1.44 bits per heavy atom. The van der Waals surface area contributed by atoms with Gasteiger partial charge in [0.25, 0.3) is 0 Å². The standard InChI is InChI=1S/C14H20FNO2/c1-9(17)13-7-11(15)3-4-14(13)16(2)8-10-5-12(18)6-10/h3-4,7,9-10,12,17-18H,5-6,8H2,1-2H3. The van der Waals surface area contributed by atoms with Crippen molar-refractivity contribution < 1.29 is 14.6 Å². The summed E-state index contributed by atoms with van der Waals surface area (Å²) in [5, 5.41) is 19.0. The van der Waals surface area contributed by atoms with Crippen molar-refractivity contribution in [1.29, 1.82) is 0 Å². The summed E-state index contributed by atoms with van der Waals surface area (Å²) in [7, 11) is 1.93. The summed E-state index contributed by atoms with van der Waals surface area (Å²) in [4.78, 5) is 2.03. The van der Waals surface area contributed by atoms with Gasteiger partial charge in [0.1, 0.15) is 5.82 Å². The first-order valence-corrected chi connectivity index (χ1v) is 6.34. The zero-order chi connectivity index (χ0) is 13.3. The van der Waals surface area contributed by atoms with E-state index in [4.69, 9.17) is 0 Å². The zero-order valence-corrected chi connectivity index (χ0v) is 10.8. The lowest BCUT2D eigenvalue weighted by Crippen LogP contribution is -2.37. The molecule has 4 heteroatoms. The molecule has 0 aromatic heterocycles. The highest BCUT2D eigenvalue weighted by molar-refractivity contribution is 5.54. The largest absolute Gasteiger partial charge is 0.393 e. The third-order valence-electron chi connectivity index (χ3n) is 3.59. The number of rotatable bonds is 4. The van der Waals surface area contributed by atoms with E-state index in [9.17, 15) is 14.6 Å². The maximum Gasteiger partial charge on any atom is 0.123 e. The van der Waals surface area contributed by atoms with Crippen LogP contribution in [0.2, 0.25) is 0 Å². The normalized spacial score (nSPS) is 24.5. The fraction of sp³-hybridized carbons (Fsp3) is 0.571. The fourth-order valence-corrected chi connectivity index (χ4v) is 2.54. The van der Waals surface area contributed by atoms with Crippen LogP contribution >= 0.6 is 0 Å². The van der Waals surface area contributed by atoms with Crippen molar-refractivity contribution in [3.8, 4) is 0 Å². The second kappa shape index (κ2) is 5.24. The van der Waals surface area contributed by atoms with Gasteiger partial charge in [-0.15, -0.1) is 0 Å².